The number of rotatable bonds is 6. The molecule has 1 aliphatic heterocycles. The number of aliphatic imine (C=N–C) groups is 1. The first-order valence-electron chi connectivity index (χ1n) is 8.72. The number of alkyl halides is 3. The number of halogens is 3. The minimum atomic E-state index is -4.40. The molecule has 1 amide bonds. The van der Waals surface area contributed by atoms with E-state index in [-0.39, 0.29) is 6.54 Å². The Kier molecular flexibility index (Phi) is 7.82. The summed E-state index contributed by atoms with van der Waals surface area (Å²) in [6.45, 7) is 0.159. The van der Waals surface area contributed by atoms with Crippen LogP contribution in [0.25, 0.3) is 0 Å². The maximum atomic E-state index is 12.4. The molecule has 5 nitrogen and oxygen atoms in total. The predicted molar refractivity (Wildman–Crippen MR) is 102 cm³/mol. The Morgan fingerprint density at radius 2 is 2.07 bits per heavy atom. The highest BCUT2D eigenvalue weighted by Crippen LogP contribution is 2.25. The van der Waals surface area contributed by atoms with Gasteiger partial charge in [-0.15, -0.1) is 11.8 Å². The lowest BCUT2D eigenvalue weighted by Gasteiger charge is -2.23. The van der Waals surface area contributed by atoms with Crippen LogP contribution < -0.4 is 5.32 Å². The number of nitrogens with one attached hydrogen (secondary N) is 1. The zero-order chi connectivity index (χ0) is 19.9. The van der Waals surface area contributed by atoms with Gasteiger partial charge in [0.15, 0.2) is 5.96 Å². The zero-order valence-electron chi connectivity index (χ0n) is 15.5. The molecule has 0 saturated carbocycles. The summed E-state index contributed by atoms with van der Waals surface area (Å²) in [5.74, 6) is 1.42. The standard InChI is InChI=1S/C18H25F3N4OS/c1-22-17(23-10-16(26)24(2)13-18(19,20)21)25-9-8-14(11-25)12-27-15-6-4-3-5-7-15/h3-7,14H,8-13H2,1-2H3,(H,22,23). The van der Waals surface area contributed by atoms with Gasteiger partial charge in [0.25, 0.3) is 0 Å². The largest absolute Gasteiger partial charge is 0.406 e. The highest BCUT2D eigenvalue weighted by atomic mass is 32.2. The van der Waals surface area contributed by atoms with Gasteiger partial charge in [-0.3, -0.25) is 9.79 Å². The predicted octanol–water partition coefficient (Wildman–Crippen LogP) is 2.70. The quantitative estimate of drug-likeness (QED) is 0.452. The van der Waals surface area contributed by atoms with Gasteiger partial charge in [0, 0.05) is 37.8 Å². The molecular weight excluding hydrogens is 377 g/mol. The lowest BCUT2D eigenvalue weighted by atomic mass is 10.2. The van der Waals surface area contributed by atoms with Gasteiger partial charge in [-0.05, 0) is 24.5 Å². The number of carbonyl (C=O) groups excluding carboxylic acids is 1. The molecule has 2 rings (SSSR count). The van der Waals surface area contributed by atoms with Crippen molar-refractivity contribution in [1.82, 2.24) is 15.1 Å². The van der Waals surface area contributed by atoms with Crippen molar-refractivity contribution >= 4 is 23.6 Å². The Morgan fingerprint density at radius 3 is 2.70 bits per heavy atom. The number of likely N-dealkylation sites (N-methyl/N-ethyl adjacent to an activating group) is 1. The van der Waals surface area contributed by atoms with Gasteiger partial charge in [-0.2, -0.15) is 13.2 Å². The van der Waals surface area contributed by atoms with Crippen LogP contribution in [0.1, 0.15) is 6.42 Å². The average molecular weight is 402 g/mol. The third-order valence-electron chi connectivity index (χ3n) is 4.27. The summed E-state index contributed by atoms with van der Waals surface area (Å²) in [4.78, 5) is 20.0. The Hall–Kier alpha value is -1.90. The van der Waals surface area contributed by atoms with Crippen LogP contribution in [0.15, 0.2) is 40.2 Å². The number of likely N-dealkylation sites (tertiary alicyclic amines) is 1. The van der Waals surface area contributed by atoms with E-state index in [0.29, 0.717) is 16.8 Å². The number of carbonyl (C=O) groups is 1. The topological polar surface area (TPSA) is 47.9 Å². The van der Waals surface area contributed by atoms with Gasteiger partial charge in [-0.25, -0.2) is 0 Å². The Morgan fingerprint density at radius 1 is 1.37 bits per heavy atom. The van der Waals surface area contributed by atoms with Crippen molar-refractivity contribution in [3.8, 4) is 0 Å². The van der Waals surface area contributed by atoms with Crippen LogP contribution in [-0.4, -0.2) is 73.9 Å². The van der Waals surface area contributed by atoms with Gasteiger partial charge in [0.05, 0.1) is 6.54 Å². The third-order valence-corrected chi connectivity index (χ3v) is 5.51. The maximum absolute atomic E-state index is 12.4. The van der Waals surface area contributed by atoms with E-state index < -0.39 is 18.6 Å². The molecule has 1 heterocycles. The molecule has 0 spiro atoms. The van der Waals surface area contributed by atoms with Crippen molar-refractivity contribution in [2.24, 2.45) is 10.9 Å². The van der Waals surface area contributed by atoms with Crippen LogP contribution in [0.4, 0.5) is 13.2 Å². The van der Waals surface area contributed by atoms with Crippen LogP contribution in [0.5, 0.6) is 0 Å². The lowest BCUT2D eigenvalue weighted by Crippen LogP contribution is -2.46. The van der Waals surface area contributed by atoms with Crippen molar-refractivity contribution < 1.29 is 18.0 Å². The van der Waals surface area contributed by atoms with E-state index >= 15 is 0 Å². The van der Waals surface area contributed by atoms with Crippen molar-refractivity contribution in [3.05, 3.63) is 30.3 Å². The second-order valence-electron chi connectivity index (χ2n) is 6.49. The van der Waals surface area contributed by atoms with Crippen LogP contribution in [0.3, 0.4) is 0 Å². The van der Waals surface area contributed by atoms with Crippen molar-refractivity contribution in [3.63, 3.8) is 0 Å². The van der Waals surface area contributed by atoms with Gasteiger partial charge in [0.2, 0.25) is 5.91 Å². The Labute approximate surface area is 162 Å². The summed E-state index contributed by atoms with van der Waals surface area (Å²) in [7, 11) is 2.76. The molecule has 0 bridgehead atoms. The summed E-state index contributed by atoms with van der Waals surface area (Å²) < 4.78 is 37.1. The van der Waals surface area contributed by atoms with Gasteiger partial charge in [0.1, 0.15) is 6.54 Å². The van der Waals surface area contributed by atoms with Crippen LogP contribution in [0, 0.1) is 5.92 Å². The summed E-state index contributed by atoms with van der Waals surface area (Å²) in [5, 5.41) is 2.88. The number of hydrogen-bond donors (Lipinski definition) is 1. The van der Waals surface area contributed by atoms with Crippen LogP contribution in [-0.2, 0) is 4.79 Å². The first-order chi connectivity index (χ1) is 12.8. The third kappa shape index (κ3) is 7.32. The van der Waals surface area contributed by atoms with Crippen LogP contribution in [0.2, 0.25) is 0 Å². The van der Waals surface area contributed by atoms with Crippen LogP contribution >= 0.6 is 11.8 Å². The molecule has 1 fully saturated rings. The van der Waals surface area contributed by atoms with E-state index in [9.17, 15) is 18.0 Å². The molecule has 0 aliphatic carbocycles. The highest BCUT2D eigenvalue weighted by molar-refractivity contribution is 7.99. The van der Waals surface area contributed by atoms with Gasteiger partial charge >= 0.3 is 6.18 Å². The Bertz CT molecular complexity index is 639. The zero-order valence-corrected chi connectivity index (χ0v) is 16.3. The van der Waals surface area contributed by atoms with E-state index in [0.717, 1.165) is 32.3 Å². The molecule has 0 radical (unpaired) electrons. The second kappa shape index (κ2) is 9.87. The van der Waals surface area contributed by atoms with Gasteiger partial charge < -0.3 is 15.1 Å². The molecule has 1 aromatic rings. The fourth-order valence-corrected chi connectivity index (χ4v) is 3.92. The summed E-state index contributed by atoms with van der Waals surface area (Å²) in [5.41, 5.74) is 0. The van der Waals surface area contributed by atoms with E-state index in [2.05, 4.69) is 22.4 Å². The van der Waals surface area contributed by atoms with E-state index in [4.69, 9.17) is 0 Å². The lowest BCUT2D eigenvalue weighted by molar-refractivity contribution is -0.157. The molecule has 1 aliphatic rings. The van der Waals surface area contributed by atoms with Gasteiger partial charge in [-0.1, -0.05) is 18.2 Å². The fraction of sp³-hybridized carbons (Fsp3) is 0.556. The minimum Gasteiger partial charge on any atom is -0.347 e. The monoisotopic (exact) mass is 402 g/mol. The van der Waals surface area contributed by atoms with E-state index in [1.807, 2.05) is 34.9 Å². The average Bonchev–Trinajstić information content (AvgIpc) is 3.08. The number of nitrogens with zero attached hydrogens (tertiary/aromatic N) is 3. The summed E-state index contributed by atoms with van der Waals surface area (Å²) in [6.07, 6.45) is -3.38. The maximum Gasteiger partial charge on any atom is 0.406 e. The fourth-order valence-electron chi connectivity index (χ4n) is 2.87. The van der Waals surface area contributed by atoms with Crippen molar-refractivity contribution in [2.45, 2.75) is 17.5 Å². The molecule has 0 aromatic heterocycles. The first-order valence-corrected chi connectivity index (χ1v) is 9.71. The SMILES string of the molecule is CN=C(NCC(=O)N(C)CC(F)(F)F)N1CCC(CSc2ccccc2)C1. The number of amides is 1. The van der Waals surface area contributed by atoms with E-state index in [1.54, 1.807) is 7.05 Å². The molecule has 1 saturated heterocycles. The molecule has 9 heteroatoms. The second-order valence-corrected chi connectivity index (χ2v) is 7.58. The molecule has 1 unspecified atom stereocenters. The smallest absolute Gasteiger partial charge is 0.347 e. The van der Waals surface area contributed by atoms with Crippen molar-refractivity contribution in [2.75, 3.05) is 46.0 Å². The highest BCUT2D eigenvalue weighted by Gasteiger charge is 2.31. The minimum absolute atomic E-state index is 0.209. The molecular formula is C18H25F3N4OS. The molecule has 1 N–H and O–H groups in total. The number of guanidine groups is 1. The summed E-state index contributed by atoms with van der Waals surface area (Å²) >= 11 is 1.81. The molecule has 150 valence electrons. The Balaban J connectivity index is 1.76. The normalized spacial score (nSPS) is 17.9. The number of hydrogen-bond acceptors (Lipinski definition) is 3. The molecule has 1 aromatic carbocycles. The number of thioether (sulfide) groups is 1. The number of benzene rings is 1. The first kappa shape index (κ1) is 21.4. The van der Waals surface area contributed by atoms with E-state index in [1.165, 1.54) is 4.90 Å². The molecule has 27 heavy (non-hydrogen) atoms. The van der Waals surface area contributed by atoms with Crippen molar-refractivity contribution in [1.29, 1.82) is 0 Å². The molecule has 1 atom stereocenters. The summed E-state index contributed by atoms with van der Waals surface area (Å²) in [6, 6.07) is 10.2.